The van der Waals surface area contributed by atoms with Crippen molar-refractivity contribution in [3.05, 3.63) is 46.5 Å². The number of aldehydes is 1. The van der Waals surface area contributed by atoms with Gasteiger partial charge in [0.1, 0.15) is 6.29 Å². The lowest BCUT2D eigenvalue weighted by Gasteiger charge is -1.98. The van der Waals surface area contributed by atoms with E-state index in [2.05, 4.69) is 22.0 Å². The summed E-state index contributed by atoms with van der Waals surface area (Å²) in [6.45, 7) is 0. The molecule has 0 aromatic heterocycles. The van der Waals surface area contributed by atoms with Gasteiger partial charge < -0.3 is 4.79 Å². The summed E-state index contributed by atoms with van der Waals surface area (Å²) in [5.74, 6) is 0. The van der Waals surface area contributed by atoms with E-state index in [0.717, 1.165) is 17.2 Å². The molecule has 1 nitrogen and oxygen atoms in total. The van der Waals surface area contributed by atoms with Crippen LogP contribution < -0.4 is 0 Å². The fraction of sp³-hybridized carbons (Fsp3) is 0.182. The Labute approximate surface area is 86.6 Å². The first kappa shape index (κ1) is 10.2. The molecule has 0 saturated heterocycles. The second-order valence-electron chi connectivity index (χ2n) is 2.67. The van der Waals surface area contributed by atoms with Crippen LogP contribution in [0.25, 0.3) is 0 Å². The fourth-order valence-corrected chi connectivity index (χ4v) is 1.47. The average Bonchev–Trinajstić information content (AvgIpc) is 2.15. The molecule has 0 atom stereocenters. The molecule has 13 heavy (non-hydrogen) atoms. The number of allylic oxidation sites excluding steroid dienone is 2. The van der Waals surface area contributed by atoms with Crippen molar-refractivity contribution in [2.45, 2.75) is 12.8 Å². The quantitative estimate of drug-likeness (QED) is 0.582. The summed E-state index contributed by atoms with van der Waals surface area (Å²) in [6.07, 6.45) is 6.16. The van der Waals surface area contributed by atoms with Crippen molar-refractivity contribution in [1.29, 1.82) is 0 Å². The summed E-state index contributed by atoms with van der Waals surface area (Å²) in [4.78, 5) is 10.0. The Hall–Kier alpha value is -0.890. The van der Waals surface area contributed by atoms with Gasteiger partial charge in [-0.05, 0) is 18.1 Å². The maximum absolute atomic E-state index is 10.0. The SMILES string of the molecule is O=CC/C=C\Cc1ccccc1Br. The molecule has 1 aromatic rings. The second kappa shape index (κ2) is 5.70. The molecule has 0 radical (unpaired) electrons. The van der Waals surface area contributed by atoms with Crippen molar-refractivity contribution in [1.82, 2.24) is 0 Å². The molecule has 0 spiro atoms. The topological polar surface area (TPSA) is 17.1 Å². The molecule has 0 bridgehead atoms. The monoisotopic (exact) mass is 238 g/mol. The molecule has 0 fully saturated rings. The van der Waals surface area contributed by atoms with E-state index in [9.17, 15) is 4.79 Å². The minimum atomic E-state index is 0.504. The molecule has 2 heteroatoms. The van der Waals surface area contributed by atoms with Crippen LogP contribution in [0, 0.1) is 0 Å². The number of rotatable bonds is 4. The van der Waals surface area contributed by atoms with Gasteiger partial charge in [-0.2, -0.15) is 0 Å². The van der Waals surface area contributed by atoms with Crippen LogP contribution in [0.1, 0.15) is 12.0 Å². The highest BCUT2D eigenvalue weighted by Gasteiger charge is 1.93. The maximum Gasteiger partial charge on any atom is 0.123 e. The fourth-order valence-electron chi connectivity index (χ4n) is 1.03. The molecule has 0 amide bonds. The Balaban J connectivity index is 2.54. The van der Waals surface area contributed by atoms with E-state index < -0.39 is 0 Å². The number of carbonyl (C=O) groups excluding carboxylic acids is 1. The van der Waals surface area contributed by atoms with Crippen LogP contribution in [0.3, 0.4) is 0 Å². The van der Waals surface area contributed by atoms with E-state index in [1.165, 1.54) is 5.56 Å². The highest BCUT2D eigenvalue weighted by Crippen LogP contribution is 2.16. The smallest absolute Gasteiger partial charge is 0.123 e. The van der Waals surface area contributed by atoms with Crippen LogP contribution in [0.5, 0.6) is 0 Å². The Morgan fingerprint density at radius 3 is 2.69 bits per heavy atom. The summed E-state index contributed by atoms with van der Waals surface area (Å²) in [5, 5.41) is 0. The zero-order valence-corrected chi connectivity index (χ0v) is 8.83. The third-order valence-corrected chi connectivity index (χ3v) is 2.47. The largest absolute Gasteiger partial charge is 0.303 e. The minimum Gasteiger partial charge on any atom is -0.303 e. The van der Waals surface area contributed by atoms with E-state index >= 15 is 0 Å². The van der Waals surface area contributed by atoms with E-state index in [4.69, 9.17) is 0 Å². The summed E-state index contributed by atoms with van der Waals surface area (Å²) in [7, 11) is 0. The summed E-state index contributed by atoms with van der Waals surface area (Å²) < 4.78 is 1.12. The predicted molar refractivity (Wildman–Crippen MR) is 57.7 cm³/mol. The zero-order chi connectivity index (χ0) is 9.52. The number of halogens is 1. The van der Waals surface area contributed by atoms with Gasteiger partial charge in [-0.15, -0.1) is 0 Å². The Kier molecular flexibility index (Phi) is 4.47. The minimum absolute atomic E-state index is 0.504. The van der Waals surface area contributed by atoms with Crippen LogP contribution in [-0.2, 0) is 11.2 Å². The van der Waals surface area contributed by atoms with E-state index in [1.807, 2.05) is 30.4 Å². The maximum atomic E-state index is 10.0. The summed E-state index contributed by atoms with van der Waals surface area (Å²) >= 11 is 3.46. The molecule has 1 aromatic carbocycles. The van der Waals surface area contributed by atoms with Gasteiger partial charge in [-0.25, -0.2) is 0 Å². The molecular formula is C11H11BrO. The summed E-state index contributed by atoms with van der Waals surface area (Å²) in [6, 6.07) is 8.08. The van der Waals surface area contributed by atoms with Gasteiger partial charge in [0.05, 0.1) is 0 Å². The van der Waals surface area contributed by atoms with Gasteiger partial charge in [0.15, 0.2) is 0 Å². The molecule has 68 valence electrons. The van der Waals surface area contributed by atoms with Crippen LogP contribution in [0.4, 0.5) is 0 Å². The van der Waals surface area contributed by atoms with Crippen molar-refractivity contribution in [2.24, 2.45) is 0 Å². The van der Waals surface area contributed by atoms with Gasteiger partial charge in [-0.3, -0.25) is 0 Å². The second-order valence-corrected chi connectivity index (χ2v) is 3.52. The lowest BCUT2D eigenvalue weighted by Crippen LogP contribution is -1.81. The first-order chi connectivity index (χ1) is 6.34. The van der Waals surface area contributed by atoms with Crippen LogP contribution in [-0.4, -0.2) is 6.29 Å². The molecule has 0 unspecified atom stereocenters. The van der Waals surface area contributed by atoms with Crippen molar-refractivity contribution in [3.8, 4) is 0 Å². The van der Waals surface area contributed by atoms with Gasteiger partial charge in [0.2, 0.25) is 0 Å². The first-order valence-electron chi connectivity index (χ1n) is 4.16. The molecule has 1 rings (SSSR count). The third kappa shape index (κ3) is 3.55. The highest BCUT2D eigenvalue weighted by atomic mass is 79.9. The number of benzene rings is 1. The lowest BCUT2D eigenvalue weighted by atomic mass is 10.1. The zero-order valence-electron chi connectivity index (χ0n) is 7.24. The molecule has 0 heterocycles. The van der Waals surface area contributed by atoms with Crippen LogP contribution >= 0.6 is 15.9 Å². The van der Waals surface area contributed by atoms with E-state index in [0.29, 0.717) is 6.42 Å². The third-order valence-electron chi connectivity index (χ3n) is 1.69. The van der Waals surface area contributed by atoms with Crippen molar-refractivity contribution in [2.75, 3.05) is 0 Å². The molecule has 0 aliphatic heterocycles. The molecular weight excluding hydrogens is 228 g/mol. The van der Waals surface area contributed by atoms with Gasteiger partial charge >= 0.3 is 0 Å². The summed E-state index contributed by atoms with van der Waals surface area (Å²) in [5.41, 5.74) is 1.24. The molecule has 0 N–H and O–H groups in total. The van der Waals surface area contributed by atoms with E-state index in [1.54, 1.807) is 0 Å². The Bertz CT molecular complexity index is 305. The van der Waals surface area contributed by atoms with Crippen molar-refractivity contribution < 1.29 is 4.79 Å². The molecule has 0 saturated carbocycles. The number of carbonyl (C=O) groups is 1. The van der Waals surface area contributed by atoms with Gasteiger partial charge in [-0.1, -0.05) is 46.3 Å². The van der Waals surface area contributed by atoms with Crippen LogP contribution in [0.2, 0.25) is 0 Å². The van der Waals surface area contributed by atoms with Gasteiger partial charge in [0.25, 0.3) is 0 Å². The highest BCUT2D eigenvalue weighted by molar-refractivity contribution is 9.10. The van der Waals surface area contributed by atoms with Crippen molar-refractivity contribution >= 4 is 22.2 Å². The van der Waals surface area contributed by atoms with Crippen LogP contribution in [0.15, 0.2) is 40.9 Å². The molecule has 0 aliphatic rings. The first-order valence-corrected chi connectivity index (χ1v) is 4.96. The Morgan fingerprint density at radius 1 is 1.23 bits per heavy atom. The molecule has 0 aliphatic carbocycles. The normalized spacial score (nSPS) is 10.5. The number of hydrogen-bond acceptors (Lipinski definition) is 1. The average molecular weight is 239 g/mol. The number of hydrogen-bond donors (Lipinski definition) is 0. The standard InChI is InChI=1S/C11H11BrO/c12-11-8-4-3-7-10(11)6-2-1-5-9-13/h1-4,7-9H,5-6H2/b2-1-. The Morgan fingerprint density at radius 2 is 2.00 bits per heavy atom. The van der Waals surface area contributed by atoms with E-state index in [-0.39, 0.29) is 0 Å². The lowest BCUT2D eigenvalue weighted by molar-refractivity contribution is -0.107. The van der Waals surface area contributed by atoms with Crippen molar-refractivity contribution in [3.63, 3.8) is 0 Å². The predicted octanol–water partition coefficient (Wildman–Crippen LogP) is 3.14. The van der Waals surface area contributed by atoms with Gasteiger partial charge in [0, 0.05) is 10.9 Å².